The SMILES string of the molecule is CC(C)OC[N+]1(C)CCCC1.F[B-](F)(F)C(F)(F)F. The second kappa shape index (κ2) is 6.83. The Labute approximate surface area is 109 Å². The quantitative estimate of drug-likeness (QED) is 0.439. The van der Waals surface area contributed by atoms with E-state index < -0.39 is 13.1 Å². The van der Waals surface area contributed by atoms with Crippen LogP contribution in [0.4, 0.5) is 26.1 Å². The fourth-order valence-electron chi connectivity index (χ4n) is 1.56. The molecule has 1 aliphatic heterocycles. The molecule has 9 heteroatoms. The van der Waals surface area contributed by atoms with Crippen molar-refractivity contribution < 1.29 is 35.3 Å². The van der Waals surface area contributed by atoms with E-state index in [9.17, 15) is 26.1 Å². The summed E-state index contributed by atoms with van der Waals surface area (Å²) in [5.74, 6) is 0. The summed E-state index contributed by atoms with van der Waals surface area (Å²) in [4.78, 5) is 0. The number of nitrogens with zero attached hydrogens (tertiary/aromatic N) is 1. The molecule has 0 aromatic rings. The highest BCUT2D eigenvalue weighted by Crippen LogP contribution is 2.31. The van der Waals surface area contributed by atoms with Crippen LogP contribution in [0.3, 0.4) is 0 Å². The van der Waals surface area contributed by atoms with Crippen molar-refractivity contribution in [1.29, 1.82) is 0 Å². The monoisotopic (exact) mass is 295 g/mol. The average molecular weight is 295 g/mol. The van der Waals surface area contributed by atoms with Gasteiger partial charge in [0.05, 0.1) is 26.2 Å². The van der Waals surface area contributed by atoms with E-state index in [-0.39, 0.29) is 0 Å². The molecule has 1 saturated heterocycles. The van der Waals surface area contributed by atoms with Gasteiger partial charge in [-0.25, -0.2) is 13.2 Å². The molecule has 1 heterocycles. The molecule has 0 aliphatic carbocycles. The molecule has 2 nitrogen and oxygen atoms in total. The zero-order valence-corrected chi connectivity index (χ0v) is 11.3. The first kappa shape index (κ1) is 18.6. The molecular formula is C10H20BF6NO. The third kappa shape index (κ3) is 7.66. The molecular weight excluding hydrogens is 275 g/mol. The van der Waals surface area contributed by atoms with E-state index in [0.717, 1.165) is 11.2 Å². The van der Waals surface area contributed by atoms with Crippen LogP contribution in [-0.2, 0) is 4.74 Å². The highest BCUT2D eigenvalue weighted by molar-refractivity contribution is 6.60. The maximum atomic E-state index is 10.5. The van der Waals surface area contributed by atoms with Crippen molar-refractivity contribution in [2.45, 2.75) is 38.9 Å². The predicted octanol–water partition coefficient (Wildman–Crippen LogP) is 3.54. The van der Waals surface area contributed by atoms with Gasteiger partial charge in [0.1, 0.15) is 0 Å². The van der Waals surface area contributed by atoms with Gasteiger partial charge >= 0.3 is 13.1 Å². The summed E-state index contributed by atoms with van der Waals surface area (Å²) in [6, 6.07) is 0. The van der Waals surface area contributed by atoms with Crippen molar-refractivity contribution in [3.63, 3.8) is 0 Å². The summed E-state index contributed by atoms with van der Waals surface area (Å²) < 4.78 is 69.6. The van der Waals surface area contributed by atoms with Gasteiger partial charge in [-0.1, -0.05) is 0 Å². The van der Waals surface area contributed by atoms with Crippen LogP contribution in [0.2, 0.25) is 0 Å². The Morgan fingerprint density at radius 1 is 1.11 bits per heavy atom. The summed E-state index contributed by atoms with van der Waals surface area (Å²) in [7, 11) is 2.29. The van der Waals surface area contributed by atoms with Crippen LogP contribution in [0.15, 0.2) is 0 Å². The van der Waals surface area contributed by atoms with E-state index in [4.69, 9.17) is 4.74 Å². The van der Waals surface area contributed by atoms with Gasteiger partial charge in [-0.3, -0.25) is 0 Å². The van der Waals surface area contributed by atoms with Gasteiger partial charge in [0.2, 0.25) is 0 Å². The van der Waals surface area contributed by atoms with E-state index >= 15 is 0 Å². The average Bonchev–Trinajstić information content (AvgIpc) is 2.61. The maximum Gasteiger partial charge on any atom is 0.583 e. The zero-order valence-electron chi connectivity index (χ0n) is 11.3. The lowest BCUT2D eigenvalue weighted by Gasteiger charge is -2.29. The van der Waals surface area contributed by atoms with Gasteiger partial charge in [0.15, 0.2) is 6.73 Å². The first-order chi connectivity index (χ1) is 8.37. The Balaban J connectivity index is 0.000000362. The molecule has 0 saturated carbocycles. The number of alkyl halides is 3. The van der Waals surface area contributed by atoms with Crippen LogP contribution in [0, 0.1) is 0 Å². The lowest BCUT2D eigenvalue weighted by molar-refractivity contribution is -0.917. The fraction of sp³-hybridized carbons (Fsp3) is 1.00. The third-order valence-corrected chi connectivity index (χ3v) is 2.74. The van der Waals surface area contributed by atoms with Crippen LogP contribution in [0.5, 0.6) is 0 Å². The normalized spacial score (nSPS) is 19.3. The van der Waals surface area contributed by atoms with E-state index in [0.29, 0.717) is 6.10 Å². The van der Waals surface area contributed by atoms with Gasteiger partial charge < -0.3 is 22.2 Å². The minimum Gasteiger partial charge on any atom is -0.443 e. The number of ether oxygens (including phenoxy) is 1. The number of likely N-dealkylation sites (tertiary alicyclic amines) is 1. The van der Waals surface area contributed by atoms with Crippen molar-refractivity contribution in [1.82, 2.24) is 0 Å². The van der Waals surface area contributed by atoms with Crippen molar-refractivity contribution in [2.75, 3.05) is 26.9 Å². The fourth-order valence-corrected chi connectivity index (χ4v) is 1.56. The van der Waals surface area contributed by atoms with Crippen LogP contribution in [0.25, 0.3) is 0 Å². The summed E-state index contributed by atoms with van der Waals surface area (Å²) in [6.45, 7) is 1.05. The maximum absolute atomic E-state index is 10.5. The Morgan fingerprint density at radius 2 is 1.47 bits per heavy atom. The summed E-state index contributed by atoms with van der Waals surface area (Å²) in [6.07, 6.45) is -2.87. The molecule has 0 aromatic heterocycles. The highest BCUT2D eigenvalue weighted by atomic mass is 19.4. The molecule has 0 radical (unpaired) electrons. The lowest BCUT2D eigenvalue weighted by Crippen LogP contribution is -2.43. The van der Waals surface area contributed by atoms with E-state index in [1.807, 2.05) is 0 Å². The standard InChI is InChI=1S/C9H20NO.CBF6/c1-9(2)11-8-10(3)6-4-5-7-10;3-1(4,5)2(6,7)8/h9H,4-8H2,1-3H3;/q+1;-1. The van der Waals surface area contributed by atoms with Crippen LogP contribution in [0.1, 0.15) is 26.7 Å². The van der Waals surface area contributed by atoms with Crippen LogP contribution in [-0.4, -0.2) is 50.5 Å². The minimum absolute atomic E-state index is 0.380. The second-order valence-electron chi connectivity index (χ2n) is 5.23. The third-order valence-electron chi connectivity index (χ3n) is 2.74. The Kier molecular flexibility index (Phi) is 6.67. The molecule has 0 bridgehead atoms. The van der Waals surface area contributed by atoms with E-state index in [1.54, 1.807) is 0 Å². The van der Waals surface area contributed by atoms with Crippen molar-refractivity contribution >= 4 is 6.98 Å². The number of hydrogen-bond donors (Lipinski definition) is 0. The van der Waals surface area contributed by atoms with Crippen molar-refractivity contribution in [2.24, 2.45) is 0 Å². The topological polar surface area (TPSA) is 9.23 Å². The van der Waals surface area contributed by atoms with Gasteiger partial charge in [-0.05, 0) is 13.8 Å². The molecule has 1 rings (SSSR count). The largest absolute Gasteiger partial charge is 0.583 e. The summed E-state index contributed by atoms with van der Waals surface area (Å²) in [5, 5.41) is 0. The number of quaternary nitrogens is 1. The molecule has 1 fully saturated rings. The van der Waals surface area contributed by atoms with Crippen molar-refractivity contribution in [3.8, 4) is 0 Å². The van der Waals surface area contributed by atoms with E-state index in [2.05, 4.69) is 20.9 Å². The van der Waals surface area contributed by atoms with Crippen LogP contribution < -0.4 is 0 Å². The first-order valence-corrected chi connectivity index (χ1v) is 6.09. The Morgan fingerprint density at radius 3 is 1.74 bits per heavy atom. The van der Waals surface area contributed by atoms with Crippen molar-refractivity contribution in [3.05, 3.63) is 0 Å². The molecule has 19 heavy (non-hydrogen) atoms. The summed E-state index contributed by atoms with van der Waals surface area (Å²) in [5.41, 5.74) is 0. The van der Waals surface area contributed by atoms with Gasteiger partial charge in [0.25, 0.3) is 0 Å². The number of rotatable bonds is 3. The second-order valence-corrected chi connectivity index (χ2v) is 5.23. The van der Waals surface area contributed by atoms with Gasteiger partial charge in [-0.15, -0.1) is 0 Å². The molecule has 0 amide bonds. The number of halogens is 6. The molecule has 0 N–H and O–H groups in total. The molecule has 116 valence electrons. The smallest absolute Gasteiger partial charge is 0.443 e. The van der Waals surface area contributed by atoms with Gasteiger partial charge in [0, 0.05) is 12.8 Å². The predicted molar refractivity (Wildman–Crippen MR) is 61.4 cm³/mol. The zero-order chi connectivity index (χ0) is 15.3. The van der Waals surface area contributed by atoms with Crippen LogP contribution >= 0.6 is 0 Å². The Bertz CT molecular complexity index is 248. The summed E-state index contributed by atoms with van der Waals surface area (Å²) >= 11 is 0. The molecule has 0 atom stereocenters. The van der Waals surface area contributed by atoms with Gasteiger partial charge in [-0.2, -0.15) is 0 Å². The first-order valence-electron chi connectivity index (χ1n) is 6.09. The Hall–Kier alpha value is -0.435. The lowest BCUT2D eigenvalue weighted by atomic mass is 9.92. The molecule has 1 aliphatic rings. The van der Waals surface area contributed by atoms with E-state index in [1.165, 1.54) is 25.9 Å². The minimum atomic E-state index is -6.65. The number of hydrogen-bond acceptors (Lipinski definition) is 1. The highest BCUT2D eigenvalue weighted by Gasteiger charge is 2.53. The molecule has 0 unspecified atom stereocenters. The molecule has 0 aromatic carbocycles. The molecule has 0 spiro atoms.